The quantitative estimate of drug-likeness (QED) is 0.238. The molecule has 2 heterocycles. The van der Waals surface area contributed by atoms with Gasteiger partial charge in [-0.25, -0.2) is 14.4 Å². The van der Waals surface area contributed by atoms with Gasteiger partial charge in [-0.05, 0) is 26.7 Å². The van der Waals surface area contributed by atoms with Crippen molar-refractivity contribution in [2.24, 2.45) is 0 Å². The Morgan fingerprint density at radius 1 is 0.682 bits per heavy atom. The molecule has 0 N–H and O–H groups in total. The molecule has 0 aliphatic carbocycles. The Labute approximate surface area is 252 Å². The fraction of sp³-hybridized carbons (Fsp3) is 0.731. The molecular weight excluding hydrogens is 596 g/mol. The van der Waals surface area contributed by atoms with Crippen LogP contribution in [0.25, 0.3) is 0 Å². The summed E-state index contributed by atoms with van der Waals surface area (Å²) in [4.78, 5) is 86.8. The summed E-state index contributed by atoms with van der Waals surface area (Å²) >= 11 is 0. The monoisotopic (exact) mass is 634 g/mol. The van der Waals surface area contributed by atoms with Gasteiger partial charge in [0, 0.05) is 27.7 Å². The van der Waals surface area contributed by atoms with Gasteiger partial charge in [0.2, 0.25) is 6.29 Å². The van der Waals surface area contributed by atoms with Crippen LogP contribution < -0.4 is 0 Å². The highest BCUT2D eigenvalue weighted by Gasteiger charge is 2.55. The van der Waals surface area contributed by atoms with E-state index in [4.69, 9.17) is 42.6 Å². The second kappa shape index (κ2) is 16.6. The summed E-state index contributed by atoms with van der Waals surface area (Å²) in [6, 6.07) is -1.32. The number of rotatable bonds is 10. The molecule has 0 radical (unpaired) electrons. The number of amides is 2. The van der Waals surface area contributed by atoms with Gasteiger partial charge >= 0.3 is 42.0 Å². The van der Waals surface area contributed by atoms with Crippen LogP contribution in [-0.2, 0) is 66.6 Å². The SMILES string of the molecule is CCOC(=O)N1[C@@H](O[C@@H]2O[C@H](COC(C)=O)[C@@H](OC(C)=O)[C@H](OC(C)=O)[C@H]2OC(C)=O)CC[C@@H](C(=O)OC)N1C(=O)OCC. The lowest BCUT2D eigenvalue weighted by molar-refractivity contribution is -0.336. The Morgan fingerprint density at radius 3 is 1.70 bits per heavy atom. The lowest BCUT2D eigenvalue weighted by atomic mass is 9.98. The normalized spacial score (nSPS) is 26.5. The third kappa shape index (κ3) is 9.40. The molecule has 7 atom stereocenters. The van der Waals surface area contributed by atoms with E-state index < -0.39 is 91.6 Å². The maximum Gasteiger partial charge on any atom is 0.431 e. The minimum atomic E-state index is -1.70. The summed E-state index contributed by atoms with van der Waals surface area (Å²) in [6.45, 7) is 6.51. The van der Waals surface area contributed by atoms with Gasteiger partial charge in [0.05, 0.1) is 20.3 Å². The third-order valence-electron chi connectivity index (χ3n) is 6.11. The van der Waals surface area contributed by atoms with Crippen molar-refractivity contribution in [1.29, 1.82) is 0 Å². The first-order chi connectivity index (χ1) is 20.7. The molecule has 0 spiro atoms. The average molecular weight is 635 g/mol. The van der Waals surface area contributed by atoms with Crippen LogP contribution in [-0.4, -0.2) is 122 Å². The zero-order valence-electron chi connectivity index (χ0n) is 25.5. The number of carbonyl (C=O) groups excluding carboxylic acids is 7. The molecule has 0 aromatic carbocycles. The molecule has 2 fully saturated rings. The Morgan fingerprint density at radius 2 is 1.20 bits per heavy atom. The fourth-order valence-corrected chi connectivity index (χ4v) is 4.57. The highest BCUT2D eigenvalue weighted by Crippen LogP contribution is 2.34. The van der Waals surface area contributed by atoms with E-state index in [1.165, 1.54) is 13.8 Å². The number of ether oxygens (including phenoxy) is 9. The first-order valence-electron chi connectivity index (χ1n) is 13.7. The minimum absolute atomic E-state index is 0.0999. The molecule has 2 saturated heterocycles. The number of hydrogen-bond donors (Lipinski definition) is 0. The maximum absolute atomic E-state index is 13.2. The van der Waals surface area contributed by atoms with Gasteiger partial charge in [0.25, 0.3) is 0 Å². The molecule has 0 saturated carbocycles. The number of carbonyl (C=O) groups is 7. The van der Waals surface area contributed by atoms with Crippen LogP contribution in [0.4, 0.5) is 9.59 Å². The number of hydrazine groups is 1. The average Bonchev–Trinajstić information content (AvgIpc) is 2.93. The summed E-state index contributed by atoms with van der Waals surface area (Å²) in [5.41, 5.74) is 0. The number of methoxy groups -OCH3 is 1. The van der Waals surface area contributed by atoms with Crippen LogP contribution in [0.2, 0.25) is 0 Å². The molecular formula is C26H38N2O16. The van der Waals surface area contributed by atoms with Gasteiger partial charge in [-0.1, -0.05) is 0 Å². The van der Waals surface area contributed by atoms with E-state index >= 15 is 0 Å². The first-order valence-corrected chi connectivity index (χ1v) is 13.7. The first kappa shape index (κ1) is 36.0. The molecule has 0 unspecified atom stereocenters. The summed E-state index contributed by atoms with van der Waals surface area (Å²) in [7, 11) is 1.10. The Kier molecular flexibility index (Phi) is 13.6. The molecule has 18 heteroatoms. The molecule has 18 nitrogen and oxygen atoms in total. The standard InChI is InChI=1S/C26H38N2O16/c1-8-37-25(34)27-17(23(33)36-7)10-11-19(28(27)26(35)38-9-2)44-24-22(42-16(6)32)21(41-15(5)31)20(40-14(4)30)18(43-24)12-39-13(3)29/h17-22,24H,8-12H2,1-7H3/t17-,18+,19-,20+,21-,22+,24-/m0/s1. The smallest absolute Gasteiger partial charge is 0.431 e. The van der Waals surface area contributed by atoms with Crippen LogP contribution in [0.1, 0.15) is 54.4 Å². The van der Waals surface area contributed by atoms with Crippen molar-refractivity contribution in [3.05, 3.63) is 0 Å². The summed E-state index contributed by atoms with van der Waals surface area (Å²) in [6.07, 6.45) is -11.6. The van der Waals surface area contributed by atoms with Crippen LogP contribution in [0.15, 0.2) is 0 Å². The zero-order valence-corrected chi connectivity index (χ0v) is 25.5. The van der Waals surface area contributed by atoms with E-state index in [2.05, 4.69) is 0 Å². The van der Waals surface area contributed by atoms with Crippen molar-refractivity contribution in [3.8, 4) is 0 Å². The summed E-state index contributed by atoms with van der Waals surface area (Å²) in [5.74, 6) is -4.16. The van der Waals surface area contributed by atoms with Gasteiger partial charge in [-0.15, -0.1) is 0 Å². The van der Waals surface area contributed by atoms with Crippen molar-refractivity contribution in [1.82, 2.24) is 10.0 Å². The largest absolute Gasteiger partial charge is 0.467 e. The van der Waals surface area contributed by atoms with Crippen molar-refractivity contribution in [2.45, 2.75) is 97.4 Å². The van der Waals surface area contributed by atoms with Crippen LogP contribution >= 0.6 is 0 Å². The predicted octanol–water partition coefficient (Wildman–Crippen LogP) is 0.580. The number of hydrogen-bond acceptors (Lipinski definition) is 16. The van der Waals surface area contributed by atoms with E-state index in [-0.39, 0.29) is 26.1 Å². The van der Waals surface area contributed by atoms with Gasteiger partial charge < -0.3 is 42.6 Å². The molecule has 2 aliphatic rings. The van der Waals surface area contributed by atoms with E-state index in [0.29, 0.717) is 10.0 Å². The third-order valence-corrected chi connectivity index (χ3v) is 6.11. The summed E-state index contributed by atoms with van der Waals surface area (Å²) in [5, 5.41) is 1.38. The number of nitrogens with zero attached hydrogens (tertiary/aromatic N) is 2. The van der Waals surface area contributed by atoms with Crippen molar-refractivity contribution >= 4 is 42.0 Å². The van der Waals surface area contributed by atoms with E-state index in [1.54, 1.807) is 0 Å². The lowest BCUT2D eigenvalue weighted by Gasteiger charge is -2.48. The van der Waals surface area contributed by atoms with Gasteiger partial charge in [0.15, 0.2) is 30.6 Å². The Hall–Kier alpha value is -4.19. The van der Waals surface area contributed by atoms with E-state index in [1.807, 2.05) is 0 Å². The lowest BCUT2D eigenvalue weighted by Crippen LogP contribution is -2.67. The van der Waals surface area contributed by atoms with Crippen LogP contribution in [0.3, 0.4) is 0 Å². The van der Waals surface area contributed by atoms with Gasteiger partial charge in [-0.3, -0.25) is 19.2 Å². The minimum Gasteiger partial charge on any atom is -0.467 e. The Balaban J connectivity index is 2.62. The van der Waals surface area contributed by atoms with Crippen molar-refractivity contribution in [3.63, 3.8) is 0 Å². The molecule has 0 aromatic rings. The topological polar surface area (TPSA) is 209 Å². The molecule has 0 aromatic heterocycles. The Bertz CT molecular complexity index is 1080. The molecule has 2 aliphatic heterocycles. The highest BCUT2D eigenvalue weighted by molar-refractivity contribution is 5.83. The number of esters is 5. The molecule has 248 valence electrons. The van der Waals surface area contributed by atoms with E-state index in [0.717, 1.165) is 34.8 Å². The van der Waals surface area contributed by atoms with Crippen LogP contribution in [0.5, 0.6) is 0 Å². The molecule has 44 heavy (non-hydrogen) atoms. The van der Waals surface area contributed by atoms with Gasteiger partial charge in [0.1, 0.15) is 12.7 Å². The highest BCUT2D eigenvalue weighted by atomic mass is 16.7. The van der Waals surface area contributed by atoms with Gasteiger partial charge in [-0.2, -0.15) is 10.0 Å². The van der Waals surface area contributed by atoms with Crippen molar-refractivity contribution < 1.29 is 76.2 Å². The van der Waals surface area contributed by atoms with Crippen LogP contribution in [0, 0.1) is 0 Å². The predicted molar refractivity (Wildman–Crippen MR) is 140 cm³/mol. The molecule has 2 rings (SSSR count). The fourth-order valence-electron chi connectivity index (χ4n) is 4.57. The second-order valence-corrected chi connectivity index (χ2v) is 9.36. The summed E-state index contributed by atoms with van der Waals surface area (Å²) < 4.78 is 48.3. The zero-order chi connectivity index (χ0) is 33.1. The second-order valence-electron chi connectivity index (χ2n) is 9.36. The molecule has 2 amide bonds. The molecule has 0 bridgehead atoms. The van der Waals surface area contributed by atoms with E-state index in [9.17, 15) is 33.6 Å². The maximum atomic E-state index is 13.2. The van der Waals surface area contributed by atoms with Crippen molar-refractivity contribution in [2.75, 3.05) is 26.9 Å².